The number of H-pyrrole nitrogens is 1. The molecule has 0 aliphatic carbocycles. The summed E-state index contributed by atoms with van der Waals surface area (Å²) in [6.07, 6.45) is 1.66. The number of nitrogens with zero attached hydrogens (tertiary/aromatic N) is 3. The van der Waals surface area contributed by atoms with Gasteiger partial charge in [0.15, 0.2) is 9.84 Å². The predicted molar refractivity (Wildman–Crippen MR) is 76.4 cm³/mol. The lowest BCUT2D eigenvalue weighted by molar-refractivity contribution is 0.376. The van der Waals surface area contributed by atoms with E-state index < -0.39 is 9.84 Å². The van der Waals surface area contributed by atoms with Gasteiger partial charge in [-0.05, 0) is 18.8 Å². The molecule has 2 saturated heterocycles. The molecule has 8 heteroatoms. The summed E-state index contributed by atoms with van der Waals surface area (Å²) < 4.78 is 23.0. The summed E-state index contributed by atoms with van der Waals surface area (Å²) in [7, 11) is -2.90. The van der Waals surface area contributed by atoms with E-state index in [-0.39, 0.29) is 23.5 Å². The second-order valence-electron chi connectivity index (χ2n) is 6.00. The maximum atomic E-state index is 11.5. The Morgan fingerprint density at radius 2 is 2.20 bits per heavy atom. The lowest BCUT2D eigenvalue weighted by Crippen LogP contribution is -2.48. The standard InChI is InChI=1S/C12H21N5O2S/c1-8-2-4-17(6-10(8)13)12-14-11(15-16-12)9-3-5-20(18,19)7-9/h8-10H,2-7,13H2,1H3,(H,14,15,16). The molecular formula is C12H21N5O2S. The quantitative estimate of drug-likeness (QED) is 0.789. The van der Waals surface area contributed by atoms with E-state index >= 15 is 0 Å². The second kappa shape index (κ2) is 5.00. The van der Waals surface area contributed by atoms with Gasteiger partial charge in [-0.3, -0.25) is 5.10 Å². The molecule has 0 amide bonds. The van der Waals surface area contributed by atoms with E-state index in [0.717, 1.165) is 19.5 Å². The van der Waals surface area contributed by atoms with Crippen LogP contribution in [0.2, 0.25) is 0 Å². The van der Waals surface area contributed by atoms with Gasteiger partial charge >= 0.3 is 0 Å². The number of aromatic nitrogens is 3. The van der Waals surface area contributed by atoms with E-state index in [1.165, 1.54) is 0 Å². The first-order valence-corrected chi connectivity index (χ1v) is 8.90. The molecule has 1 aromatic rings. The van der Waals surface area contributed by atoms with Crippen LogP contribution in [0.25, 0.3) is 0 Å². The fourth-order valence-corrected chi connectivity index (χ4v) is 4.63. The normalized spacial score (nSPS) is 33.5. The lowest BCUT2D eigenvalue weighted by atomic mass is 9.95. The van der Waals surface area contributed by atoms with Gasteiger partial charge in [-0.25, -0.2) is 8.42 Å². The fraction of sp³-hybridized carbons (Fsp3) is 0.833. The van der Waals surface area contributed by atoms with Crippen molar-refractivity contribution in [2.45, 2.75) is 31.7 Å². The van der Waals surface area contributed by atoms with E-state index in [9.17, 15) is 8.42 Å². The molecule has 0 radical (unpaired) electrons. The number of aromatic amines is 1. The minimum atomic E-state index is -2.90. The predicted octanol–water partition coefficient (Wildman–Crippen LogP) is -0.120. The van der Waals surface area contributed by atoms with E-state index in [2.05, 4.69) is 27.0 Å². The first-order valence-electron chi connectivity index (χ1n) is 7.08. The molecule has 3 atom stereocenters. The van der Waals surface area contributed by atoms with Gasteiger partial charge in [-0.1, -0.05) is 6.92 Å². The summed E-state index contributed by atoms with van der Waals surface area (Å²) >= 11 is 0. The van der Waals surface area contributed by atoms with Crippen LogP contribution in [0.3, 0.4) is 0 Å². The molecule has 0 saturated carbocycles. The Bertz CT molecular complexity index is 584. The smallest absolute Gasteiger partial charge is 0.244 e. The number of nitrogens with two attached hydrogens (primary N) is 1. The molecule has 7 nitrogen and oxygen atoms in total. The third-order valence-corrected chi connectivity index (χ3v) is 6.18. The highest BCUT2D eigenvalue weighted by atomic mass is 32.2. The molecule has 2 aliphatic heterocycles. The van der Waals surface area contributed by atoms with Gasteiger partial charge in [0, 0.05) is 25.0 Å². The molecule has 2 aliphatic rings. The summed E-state index contributed by atoms with van der Waals surface area (Å²) in [4.78, 5) is 6.56. The highest BCUT2D eigenvalue weighted by molar-refractivity contribution is 7.91. The minimum Gasteiger partial charge on any atom is -0.338 e. The van der Waals surface area contributed by atoms with Crippen molar-refractivity contribution < 1.29 is 8.42 Å². The summed E-state index contributed by atoms with van der Waals surface area (Å²) in [5, 5.41) is 7.13. The van der Waals surface area contributed by atoms with Crippen LogP contribution in [0, 0.1) is 5.92 Å². The number of sulfone groups is 1. The van der Waals surface area contributed by atoms with Gasteiger partial charge in [0.2, 0.25) is 5.95 Å². The van der Waals surface area contributed by atoms with Crippen molar-refractivity contribution >= 4 is 15.8 Å². The second-order valence-corrected chi connectivity index (χ2v) is 8.23. The third kappa shape index (κ3) is 2.67. The first-order chi connectivity index (χ1) is 9.44. The maximum absolute atomic E-state index is 11.5. The molecule has 20 heavy (non-hydrogen) atoms. The third-order valence-electron chi connectivity index (χ3n) is 4.41. The molecule has 112 valence electrons. The Morgan fingerprint density at radius 3 is 2.85 bits per heavy atom. The van der Waals surface area contributed by atoms with Crippen LogP contribution in [0.5, 0.6) is 0 Å². The van der Waals surface area contributed by atoms with E-state index in [4.69, 9.17) is 5.73 Å². The van der Waals surface area contributed by atoms with E-state index in [1.54, 1.807) is 0 Å². The number of hydrogen-bond acceptors (Lipinski definition) is 6. The summed E-state index contributed by atoms with van der Waals surface area (Å²) in [6.45, 7) is 3.81. The zero-order valence-electron chi connectivity index (χ0n) is 11.6. The molecule has 2 fully saturated rings. The van der Waals surface area contributed by atoms with Crippen molar-refractivity contribution in [1.29, 1.82) is 0 Å². The van der Waals surface area contributed by atoms with Crippen LogP contribution in [0.15, 0.2) is 0 Å². The number of hydrogen-bond donors (Lipinski definition) is 2. The van der Waals surface area contributed by atoms with Gasteiger partial charge in [-0.15, -0.1) is 5.10 Å². The van der Waals surface area contributed by atoms with Crippen LogP contribution in [0.1, 0.15) is 31.5 Å². The molecule has 3 rings (SSSR count). The highest BCUT2D eigenvalue weighted by Crippen LogP contribution is 2.28. The van der Waals surface area contributed by atoms with Crippen molar-refractivity contribution in [2.24, 2.45) is 11.7 Å². The molecule has 0 aromatic carbocycles. The molecular weight excluding hydrogens is 278 g/mol. The van der Waals surface area contributed by atoms with Gasteiger partial charge < -0.3 is 10.6 Å². The first kappa shape index (κ1) is 13.8. The van der Waals surface area contributed by atoms with E-state index in [0.29, 0.717) is 24.1 Å². The average Bonchev–Trinajstić information content (AvgIpc) is 2.99. The van der Waals surface area contributed by atoms with Crippen molar-refractivity contribution in [3.63, 3.8) is 0 Å². The number of rotatable bonds is 2. The van der Waals surface area contributed by atoms with Gasteiger partial charge in [-0.2, -0.15) is 4.98 Å². The topological polar surface area (TPSA) is 105 Å². The maximum Gasteiger partial charge on any atom is 0.244 e. The molecule has 1 aromatic heterocycles. The Balaban J connectivity index is 1.71. The number of piperidine rings is 1. The monoisotopic (exact) mass is 299 g/mol. The van der Waals surface area contributed by atoms with Crippen LogP contribution in [0.4, 0.5) is 5.95 Å². The van der Waals surface area contributed by atoms with Gasteiger partial charge in [0.05, 0.1) is 11.5 Å². The Kier molecular flexibility index (Phi) is 3.45. The zero-order valence-corrected chi connectivity index (χ0v) is 12.4. The van der Waals surface area contributed by atoms with Crippen molar-refractivity contribution in [1.82, 2.24) is 15.2 Å². The number of nitrogens with one attached hydrogen (secondary N) is 1. The van der Waals surface area contributed by atoms with Crippen LogP contribution in [-0.4, -0.2) is 54.2 Å². The van der Waals surface area contributed by atoms with Crippen LogP contribution < -0.4 is 10.6 Å². The van der Waals surface area contributed by atoms with E-state index in [1.807, 2.05) is 0 Å². The Hall–Kier alpha value is -1.15. The lowest BCUT2D eigenvalue weighted by Gasteiger charge is -2.34. The molecule has 3 unspecified atom stereocenters. The number of anilines is 1. The Labute approximate surface area is 118 Å². The minimum absolute atomic E-state index is 0.0429. The molecule has 3 N–H and O–H groups in total. The van der Waals surface area contributed by atoms with Gasteiger partial charge in [0.25, 0.3) is 0 Å². The SMILES string of the molecule is CC1CCN(c2n[nH]c(C3CCS(=O)(=O)C3)n2)CC1N. The fourth-order valence-electron chi connectivity index (χ4n) is 2.88. The molecule has 0 bridgehead atoms. The van der Waals surface area contributed by atoms with Crippen molar-refractivity contribution in [3.05, 3.63) is 5.82 Å². The van der Waals surface area contributed by atoms with Crippen molar-refractivity contribution in [2.75, 3.05) is 29.5 Å². The Morgan fingerprint density at radius 1 is 1.40 bits per heavy atom. The van der Waals surface area contributed by atoms with Crippen LogP contribution in [-0.2, 0) is 9.84 Å². The highest BCUT2D eigenvalue weighted by Gasteiger charge is 2.32. The molecule has 0 spiro atoms. The summed E-state index contributed by atoms with van der Waals surface area (Å²) in [6, 6.07) is 0.137. The van der Waals surface area contributed by atoms with Crippen molar-refractivity contribution in [3.8, 4) is 0 Å². The summed E-state index contributed by atoms with van der Waals surface area (Å²) in [5.74, 6) is 2.24. The van der Waals surface area contributed by atoms with Gasteiger partial charge in [0.1, 0.15) is 5.82 Å². The average molecular weight is 299 g/mol. The summed E-state index contributed by atoms with van der Waals surface area (Å²) in [5.41, 5.74) is 6.08. The largest absolute Gasteiger partial charge is 0.338 e. The zero-order chi connectivity index (χ0) is 14.3. The molecule has 3 heterocycles. The van der Waals surface area contributed by atoms with Crippen LogP contribution >= 0.6 is 0 Å².